The van der Waals surface area contributed by atoms with Crippen LogP contribution in [-0.4, -0.2) is 40.4 Å². The highest BCUT2D eigenvalue weighted by molar-refractivity contribution is 5.95. The minimum atomic E-state index is -0.621. The zero-order valence-corrected chi connectivity index (χ0v) is 18.9. The number of carbonyl (C=O) groups excluding carboxylic acids is 2. The second-order valence-corrected chi connectivity index (χ2v) is 7.89. The van der Waals surface area contributed by atoms with Crippen molar-refractivity contribution >= 4 is 22.9 Å². The fourth-order valence-corrected chi connectivity index (χ4v) is 3.62. The summed E-state index contributed by atoms with van der Waals surface area (Å²) >= 11 is 0. The number of hydrogen-bond acceptors (Lipinski definition) is 7. The Kier molecular flexibility index (Phi) is 6.09. The van der Waals surface area contributed by atoms with E-state index in [2.05, 4.69) is 9.97 Å². The second kappa shape index (κ2) is 9.64. The Hall–Kier alpha value is -4.72. The molecule has 0 aliphatic heterocycles. The number of furan rings is 2. The van der Waals surface area contributed by atoms with Gasteiger partial charge in [-0.1, -0.05) is 30.3 Å². The summed E-state index contributed by atoms with van der Waals surface area (Å²) in [7, 11) is 1.67. The Morgan fingerprint density at radius 2 is 1.49 bits per heavy atom. The van der Waals surface area contributed by atoms with Crippen LogP contribution in [0.25, 0.3) is 33.9 Å². The molecule has 0 fully saturated rings. The van der Waals surface area contributed by atoms with E-state index in [1.54, 1.807) is 62.0 Å². The lowest BCUT2D eigenvalue weighted by molar-refractivity contribution is -0.133. The standard InChI is InChI=1S/C27H21N3O5/c1-30(16-18-7-3-2-4-8-18)24(31)17-35-27(32)19-11-12-20-21(15-19)29-26(23-10-6-14-34-23)25(28-20)22-9-5-13-33-22/h2-15H,16-17H2,1H3. The number of likely N-dealkylation sites (N-methyl/N-ethyl adjacent to an activating group) is 1. The molecule has 3 heterocycles. The summed E-state index contributed by atoms with van der Waals surface area (Å²) in [5.74, 6) is 0.147. The smallest absolute Gasteiger partial charge is 0.338 e. The van der Waals surface area contributed by atoms with E-state index >= 15 is 0 Å². The molecular formula is C27H21N3O5. The lowest BCUT2D eigenvalue weighted by Crippen LogP contribution is -2.30. The summed E-state index contributed by atoms with van der Waals surface area (Å²) in [4.78, 5) is 36.0. The number of aromatic nitrogens is 2. The molecule has 0 saturated heterocycles. The van der Waals surface area contributed by atoms with E-state index in [1.165, 1.54) is 4.90 Å². The molecule has 2 aromatic carbocycles. The molecule has 0 radical (unpaired) electrons. The van der Waals surface area contributed by atoms with E-state index in [9.17, 15) is 9.59 Å². The van der Waals surface area contributed by atoms with Gasteiger partial charge in [0.15, 0.2) is 18.1 Å². The molecule has 8 nitrogen and oxygen atoms in total. The molecular weight excluding hydrogens is 446 g/mol. The van der Waals surface area contributed by atoms with Gasteiger partial charge in [-0.05, 0) is 48.0 Å². The van der Waals surface area contributed by atoms with Crippen molar-refractivity contribution in [3.05, 3.63) is 96.4 Å². The molecule has 0 N–H and O–H groups in total. The number of hydrogen-bond donors (Lipinski definition) is 0. The van der Waals surface area contributed by atoms with Crippen LogP contribution < -0.4 is 0 Å². The van der Waals surface area contributed by atoms with Crippen molar-refractivity contribution in [2.45, 2.75) is 6.54 Å². The molecule has 5 aromatic rings. The minimum Gasteiger partial charge on any atom is -0.463 e. The summed E-state index contributed by atoms with van der Waals surface area (Å²) < 4.78 is 16.3. The molecule has 0 saturated carbocycles. The molecule has 0 aliphatic rings. The highest BCUT2D eigenvalue weighted by atomic mass is 16.5. The van der Waals surface area contributed by atoms with Crippen molar-refractivity contribution in [1.29, 1.82) is 0 Å². The number of benzene rings is 2. The average Bonchev–Trinajstić information content (AvgIpc) is 3.61. The van der Waals surface area contributed by atoms with E-state index < -0.39 is 5.97 Å². The zero-order valence-electron chi connectivity index (χ0n) is 18.9. The predicted molar refractivity (Wildman–Crippen MR) is 128 cm³/mol. The third kappa shape index (κ3) is 4.81. The maximum atomic E-state index is 12.7. The van der Waals surface area contributed by atoms with Gasteiger partial charge in [0.1, 0.15) is 11.4 Å². The van der Waals surface area contributed by atoms with Gasteiger partial charge in [0, 0.05) is 13.6 Å². The first-order valence-corrected chi connectivity index (χ1v) is 10.9. The Balaban J connectivity index is 1.35. The Morgan fingerprint density at radius 1 is 0.829 bits per heavy atom. The molecule has 174 valence electrons. The first kappa shape index (κ1) is 22.1. The fraction of sp³-hybridized carbons (Fsp3) is 0.111. The molecule has 0 aliphatic carbocycles. The zero-order chi connectivity index (χ0) is 24.2. The third-order valence-electron chi connectivity index (χ3n) is 5.42. The van der Waals surface area contributed by atoms with Crippen LogP contribution in [0.5, 0.6) is 0 Å². The topological polar surface area (TPSA) is 98.7 Å². The Labute approximate surface area is 200 Å². The molecule has 5 rings (SSSR count). The van der Waals surface area contributed by atoms with E-state index in [1.807, 2.05) is 30.3 Å². The van der Waals surface area contributed by atoms with Gasteiger partial charge < -0.3 is 18.5 Å². The number of rotatable bonds is 7. The fourth-order valence-electron chi connectivity index (χ4n) is 3.62. The molecule has 0 atom stereocenters. The number of ether oxygens (including phenoxy) is 1. The van der Waals surface area contributed by atoms with Crippen LogP contribution in [0.1, 0.15) is 15.9 Å². The summed E-state index contributed by atoms with van der Waals surface area (Å²) in [6.45, 7) is 0.0668. The van der Waals surface area contributed by atoms with Crippen LogP contribution >= 0.6 is 0 Å². The van der Waals surface area contributed by atoms with Gasteiger partial charge in [-0.3, -0.25) is 4.79 Å². The van der Waals surface area contributed by atoms with Gasteiger partial charge in [-0.25, -0.2) is 14.8 Å². The molecule has 0 unspecified atom stereocenters. The van der Waals surface area contributed by atoms with Gasteiger partial charge >= 0.3 is 5.97 Å². The second-order valence-electron chi connectivity index (χ2n) is 7.89. The lowest BCUT2D eigenvalue weighted by atomic mass is 10.1. The van der Waals surface area contributed by atoms with E-state index in [-0.39, 0.29) is 18.1 Å². The van der Waals surface area contributed by atoms with Crippen molar-refractivity contribution < 1.29 is 23.2 Å². The summed E-state index contributed by atoms with van der Waals surface area (Å²) in [5.41, 5.74) is 3.32. The van der Waals surface area contributed by atoms with Crippen molar-refractivity contribution in [3.63, 3.8) is 0 Å². The van der Waals surface area contributed by atoms with Crippen molar-refractivity contribution in [2.24, 2.45) is 0 Å². The summed E-state index contributed by atoms with van der Waals surface area (Å²) in [6.07, 6.45) is 3.11. The van der Waals surface area contributed by atoms with Crippen molar-refractivity contribution in [3.8, 4) is 22.9 Å². The minimum absolute atomic E-state index is 0.265. The largest absolute Gasteiger partial charge is 0.463 e. The highest BCUT2D eigenvalue weighted by Gasteiger charge is 2.19. The first-order chi connectivity index (χ1) is 17.1. The highest BCUT2D eigenvalue weighted by Crippen LogP contribution is 2.31. The van der Waals surface area contributed by atoms with Gasteiger partial charge in [0.05, 0.1) is 29.1 Å². The Bertz CT molecular complexity index is 1460. The van der Waals surface area contributed by atoms with Crippen LogP contribution in [-0.2, 0) is 16.1 Å². The van der Waals surface area contributed by atoms with Gasteiger partial charge in [-0.2, -0.15) is 0 Å². The molecule has 8 heteroatoms. The number of carbonyl (C=O) groups is 2. The Morgan fingerprint density at radius 3 is 2.11 bits per heavy atom. The summed E-state index contributed by atoms with van der Waals surface area (Å²) in [5, 5.41) is 0. The lowest BCUT2D eigenvalue weighted by Gasteiger charge is -2.17. The average molecular weight is 467 g/mol. The van der Waals surface area contributed by atoms with Crippen molar-refractivity contribution in [1.82, 2.24) is 14.9 Å². The number of amides is 1. The SMILES string of the molecule is CN(Cc1ccccc1)C(=O)COC(=O)c1ccc2nc(-c3ccco3)c(-c3ccco3)nc2c1. The van der Waals surface area contributed by atoms with Gasteiger partial charge in [0.25, 0.3) is 5.91 Å². The predicted octanol–water partition coefficient (Wildman–Crippen LogP) is 4.97. The van der Waals surface area contributed by atoms with Crippen LogP contribution in [0.4, 0.5) is 0 Å². The summed E-state index contributed by atoms with van der Waals surface area (Å²) in [6, 6.07) is 21.5. The maximum absolute atomic E-state index is 12.7. The maximum Gasteiger partial charge on any atom is 0.338 e. The molecule has 35 heavy (non-hydrogen) atoms. The number of nitrogens with zero attached hydrogens (tertiary/aromatic N) is 3. The number of esters is 1. The van der Waals surface area contributed by atoms with E-state index in [0.29, 0.717) is 40.5 Å². The van der Waals surface area contributed by atoms with Gasteiger partial charge in [-0.15, -0.1) is 0 Å². The molecule has 1 amide bonds. The van der Waals surface area contributed by atoms with Crippen LogP contribution in [0.3, 0.4) is 0 Å². The molecule has 0 bridgehead atoms. The monoisotopic (exact) mass is 467 g/mol. The third-order valence-corrected chi connectivity index (χ3v) is 5.42. The molecule has 0 spiro atoms. The van der Waals surface area contributed by atoms with Crippen LogP contribution in [0.2, 0.25) is 0 Å². The van der Waals surface area contributed by atoms with E-state index in [4.69, 9.17) is 13.6 Å². The molecule has 3 aromatic heterocycles. The van der Waals surface area contributed by atoms with Crippen LogP contribution in [0, 0.1) is 0 Å². The van der Waals surface area contributed by atoms with Gasteiger partial charge in [0.2, 0.25) is 0 Å². The van der Waals surface area contributed by atoms with Crippen LogP contribution in [0.15, 0.2) is 94.2 Å². The number of fused-ring (bicyclic) bond motifs is 1. The quantitative estimate of drug-likeness (QED) is 0.312. The normalized spacial score (nSPS) is 10.9. The first-order valence-electron chi connectivity index (χ1n) is 10.9. The van der Waals surface area contributed by atoms with Crippen molar-refractivity contribution in [2.75, 3.05) is 13.7 Å². The van der Waals surface area contributed by atoms with E-state index in [0.717, 1.165) is 5.56 Å².